The molecule has 1 aliphatic rings. The Kier molecular flexibility index (Phi) is 3.64. The Morgan fingerprint density at radius 2 is 1.94 bits per heavy atom. The zero-order valence-electron chi connectivity index (χ0n) is 11.0. The zero-order valence-corrected chi connectivity index (χ0v) is 11.0. The molecule has 0 bridgehead atoms. The quantitative estimate of drug-likeness (QED) is 0.738. The molecule has 0 heterocycles. The first-order chi connectivity index (χ1) is 7.34. The molecule has 0 radical (unpaired) electrons. The van der Waals surface area contributed by atoms with Crippen LogP contribution in [0.1, 0.15) is 33.6 Å². The summed E-state index contributed by atoms with van der Waals surface area (Å²) in [6.45, 7) is 10.1. The van der Waals surface area contributed by atoms with Crippen LogP contribution < -0.4 is 5.73 Å². The second-order valence-corrected chi connectivity index (χ2v) is 5.37. The highest BCUT2D eigenvalue weighted by Gasteiger charge is 2.49. The van der Waals surface area contributed by atoms with Crippen molar-refractivity contribution in [1.82, 2.24) is 4.90 Å². The van der Waals surface area contributed by atoms with Crippen LogP contribution in [0.4, 0.5) is 0 Å². The molecule has 0 aromatic carbocycles. The van der Waals surface area contributed by atoms with Gasteiger partial charge in [0.05, 0.1) is 0 Å². The fraction of sp³-hybridized carbons (Fsp3) is 0.571. The van der Waals surface area contributed by atoms with Crippen molar-refractivity contribution in [3.05, 3.63) is 36.6 Å². The maximum absolute atomic E-state index is 6.10. The molecular formula is C14H24N2. The summed E-state index contributed by atoms with van der Waals surface area (Å²) in [5, 5.41) is 0. The molecule has 0 aliphatic heterocycles. The molecule has 16 heavy (non-hydrogen) atoms. The Morgan fingerprint density at radius 3 is 2.31 bits per heavy atom. The highest BCUT2D eigenvalue weighted by Crippen LogP contribution is 2.44. The van der Waals surface area contributed by atoms with Gasteiger partial charge in [-0.2, -0.15) is 0 Å². The van der Waals surface area contributed by atoms with E-state index in [0.717, 1.165) is 12.8 Å². The van der Waals surface area contributed by atoms with Gasteiger partial charge in [0.1, 0.15) is 0 Å². The van der Waals surface area contributed by atoms with Gasteiger partial charge >= 0.3 is 0 Å². The van der Waals surface area contributed by atoms with Crippen LogP contribution in [-0.2, 0) is 0 Å². The molecule has 0 atom stereocenters. The van der Waals surface area contributed by atoms with Gasteiger partial charge in [0.2, 0.25) is 0 Å². The Bertz CT molecular complexity index is 316. The third-order valence-corrected chi connectivity index (χ3v) is 3.47. The highest BCUT2D eigenvalue weighted by atomic mass is 15.2. The van der Waals surface area contributed by atoms with Crippen LogP contribution in [0, 0.1) is 0 Å². The topological polar surface area (TPSA) is 29.3 Å². The van der Waals surface area contributed by atoms with Crippen LogP contribution in [0.2, 0.25) is 0 Å². The predicted octanol–water partition coefficient (Wildman–Crippen LogP) is 2.83. The monoisotopic (exact) mass is 220 g/mol. The van der Waals surface area contributed by atoms with Crippen LogP contribution in [0.25, 0.3) is 0 Å². The van der Waals surface area contributed by atoms with Crippen LogP contribution in [0.3, 0.4) is 0 Å². The minimum Gasteiger partial charge on any atom is -0.369 e. The van der Waals surface area contributed by atoms with E-state index in [1.54, 1.807) is 6.08 Å². The van der Waals surface area contributed by atoms with E-state index in [1.807, 2.05) is 6.08 Å². The molecule has 0 spiro atoms. The third kappa shape index (κ3) is 2.56. The van der Waals surface area contributed by atoms with Crippen LogP contribution >= 0.6 is 0 Å². The number of rotatable bonds is 4. The summed E-state index contributed by atoms with van der Waals surface area (Å²) in [5.74, 6) is 0. The fourth-order valence-electron chi connectivity index (χ4n) is 2.81. The summed E-state index contributed by atoms with van der Waals surface area (Å²) in [6, 6.07) is 0. The fourth-order valence-corrected chi connectivity index (χ4v) is 2.81. The lowest BCUT2D eigenvalue weighted by molar-refractivity contribution is 0.0214. The predicted molar refractivity (Wildman–Crippen MR) is 71.1 cm³/mol. The lowest BCUT2D eigenvalue weighted by Crippen LogP contribution is -2.64. The number of nitrogens with zero attached hydrogens (tertiary/aromatic N) is 1. The lowest BCUT2D eigenvalue weighted by Gasteiger charge is -2.56. The van der Waals surface area contributed by atoms with E-state index in [4.69, 9.17) is 5.73 Å². The number of likely N-dealkylation sites (N-methyl/N-ethyl adjacent to an activating group) is 1. The van der Waals surface area contributed by atoms with Crippen molar-refractivity contribution >= 4 is 0 Å². The van der Waals surface area contributed by atoms with Crippen molar-refractivity contribution in [3.8, 4) is 0 Å². The Hall–Kier alpha value is -1.02. The van der Waals surface area contributed by atoms with Gasteiger partial charge in [-0.1, -0.05) is 24.8 Å². The van der Waals surface area contributed by atoms with Gasteiger partial charge in [-0.15, -0.1) is 0 Å². The molecular weight excluding hydrogens is 196 g/mol. The van der Waals surface area contributed by atoms with Crippen LogP contribution in [0.15, 0.2) is 36.6 Å². The van der Waals surface area contributed by atoms with Gasteiger partial charge < -0.3 is 10.6 Å². The van der Waals surface area contributed by atoms with Gasteiger partial charge in [-0.3, -0.25) is 0 Å². The molecule has 1 fully saturated rings. The second kappa shape index (κ2) is 4.46. The Balaban J connectivity index is 2.74. The van der Waals surface area contributed by atoms with Gasteiger partial charge in [0.15, 0.2) is 0 Å². The maximum atomic E-state index is 6.10. The summed E-state index contributed by atoms with van der Waals surface area (Å²) >= 11 is 0. The molecule has 0 saturated heterocycles. The smallest absolute Gasteiger partial charge is 0.0405 e. The number of hydrogen-bond acceptors (Lipinski definition) is 2. The highest BCUT2D eigenvalue weighted by molar-refractivity contribution is 5.24. The van der Waals surface area contributed by atoms with Gasteiger partial charge in [-0.05, 0) is 39.7 Å². The van der Waals surface area contributed by atoms with E-state index in [-0.39, 0.29) is 11.1 Å². The SMILES string of the molecule is C=C/C=C\C(=C/C)N(C)C1(C)CC(C)(N)C1. The van der Waals surface area contributed by atoms with Gasteiger partial charge in [0.25, 0.3) is 0 Å². The number of allylic oxidation sites excluding steroid dienone is 4. The largest absolute Gasteiger partial charge is 0.369 e. The van der Waals surface area contributed by atoms with Crippen LogP contribution in [0.5, 0.6) is 0 Å². The van der Waals surface area contributed by atoms with Gasteiger partial charge in [-0.25, -0.2) is 0 Å². The van der Waals surface area contributed by atoms with Crippen LogP contribution in [-0.4, -0.2) is 23.0 Å². The lowest BCUT2D eigenvalue weighted by atomic mass is 9.64. The van der Waals surface area contributed by atoms with E-state index >= 15 is 0 Å². The molecule has 1 aliphatic carbocycles. The summed E-state index contributed by atoms with van der Waals surface area (Å²) < 4.78 is 0. The van der Waals surface area contributed by atoms with Crippen molar-refractivity contribution < 1.29 is 0 Å². The summed E-state index contributed by atoms with van der Waals surface area (Å²) in [4.78, 5) is 2.32. The average molecular weight is 220 g/mol. The van der Waals surface area contributed by atoms with Crippen molar-refractivity contribution in [1.29, 1.82) is 0 Å². The normalized spacial score (nSPS) is 34.9. The number of nitrogens with two attached hydrogens (primary N) is 1. The Labute approximate surface area is 99.5 Å². The van der Waals surface area contributed by atoms with E-state index in [2.05, 4.69) is 51.4 Å². The summed E-state index contributed by atoms with van der Waals surface area (Å²) in [6.07, 6.45) is 10.1. The first-order valence-electron chi connectivity index (χ1n) is 5.83. The standard InChI is InChI=1S/C14H24N2/c1-6-8-9-12(7-2)16(5)14(4)10-13(3,15)11-14/h6-9H,1,10-11,15H2,2-5H3/b9-8-,12-7+. The molecule has 2 nitrogen and oxygen atoms in total. The van der Waals surface area contributed by atoms with E-state index in [9.17, 15) is 0 Å². The molecule has 0 aromatic rings. The number of hydrogen-bond donors (Lipinski definition) is 1. The molecule has 2 heteroatoms. The van der Waals surface area contributed by atoms with E-state index in [0.29, 0.717) is 0 Å². The molecule has 2 N–H and O–H groups in total. The third-order valence-electron chi connectivity index (χ3n) is 3.47. The van der Waals surface area contributed by atoms with Gasteiger partial charge in [0, 0.05) is 23.8 Å². The minimum absolute atomic E-state index is 0.00398. The van der Waals surface area contributed by atoms with Crippen molar-refractivity contribution in [2.45, 2.75) is 44.7 Å². The van der Waals surface area contributed by atoms with E-state index in [1.165, 1.54) is 5.70 Å². The minimum atomic E-state index is 0.00398. The summed E-state index contributed by atoms with van der Waals surface area (Å²) in [5.41, 5.74) is 7.51. The Morgan fingerprint density at radius 1 is 1.38 bits per heavy atom. The molecule has 1 rings (SSSR count). The first-order valence-corrected chi connectivity index (χ1v) is 5.83. The summed E-state index contributed by atoms with van der Waals surface area (Å²) in [7, 11) is 2.14. The first kappa shape index (κ1) is 13.0. The molecule has 1 saturated carbocycles. The van der Waals surface area contributed by atoms with Crippen molar-refractivity contribution in [2.24, 2.45) is 5.73 Å². The van der Waals surface area contributed by atoms with Crippen molar-refractivity contribution in [3.63, 3.8) is 0 Å². The van der Waals surface area contributed by atoms with E-state index < -0.39 is 0 Å². The maximum Gasteiger partial charge on any atom is 0.0405 e. The molecule has 0 unspecified atom stereocenters. The average Bonchev–Trinajstić information content (AvgIpc) is 2.15. The molecule has 0 amide bonds. The molecule has 90 valence electrons. The molecule has 0 aromatic heterocycles. The zero-order chi connectivity index (χ0) is 12.4. The second-order valence-electron chi connectivity index (χ2n) is 5.37. The van der Waals surface area contributed by atoms with Crippen molar-refractivity contribution in [2.75, 3.05) is 7.05 Å².